The third kappa shape index (κ3) is 3.53. The standard InChI is InChI=1S/C13H17FN2O/c14-11-4-2-1-3-10(11)8-16-13(17)7-12(15)9-5-6-9/h1-4,9,12H,5-8,15H2,(H,16,17). The minimum atomic E-state index is -0.292. The molecule has 1 unspecified atom stereocenters. The fourth-order valence-electron chi connectivity index (χ4n) is 1.81. The van der Waals surface area contributed by atoms with Gasteiger partial charge in [0.15, 0.2) is 0 Å². The molecule has 0 spiro atoms. The Morgan fingerprint density at radius 1 is 1.47 bits per heavy atom. The van der Waals surface area contributed by atoms with Gasteiger partial charge in [-0.15, -0.1) is 0 Å². The average Bonchev–Trinajstić information content (AvgIpc) is 3.11. The van der Waals surface area contributed by atoms with E-state index in [9.17, 15) is 9.18 Å². The van der Waals surface area contributed by atoms with Crippen molar-refractivity contribution in [3.05, 3.63) is 35.6 Å². The molecule has 1 fully saturated rings. The maximum atomic E-state index is 13.3. The molecule has 1 saturated carbocycles. The maximum absolute atomic E-state index is 13.3. The topological polar surface area (TPSA) is 55.1 Å². The minimum Gasteiger partial charge on any atom is -0.352 e. The number of benzene rings is 1. The lowest BCUT2D eigenvalue weighted by atomic mass is 10.1. The molecule has 1 aromatic rings. The molecular weight excluding hydrogens is 219 g/mol. The van der Waals surface area contributed by atoms with Crippen LogP contribution in [0.3, 0.4) is 0 Å². The lowest BCUT2D eigenvalue weighted by Gasteiger charge is -2.10. The molecule has 1 aromatic carbocycles. The number of nitrogens with two attached hydrogens (primary N) is 1. The summed E-state index contributed by atoms with van der Waals surface area (Å²) >= 11 is 0. The highest BCUT2D eigenvalue weighted by molar-refractivity contribution is 5.76. The van der Waals surface area contributed by atoms with E-state index in [0.29, 0.717) is 17.9 Å². The van der Waals surface area contributed by atoms with Gasteiger partial charge in [0.25, 0.3) is 0 Å². The van der Waals surface area contributed by atoms with E-state index in [1.165, 1.54) is 6.07 Å². The molecule has 92 valence electrons. The van der Waals surface area contributed by atoms with Crippen LogP contribution in [0.15, 0.2) is 24.3 Å². The average molecular weight is 236 g/mol. The molecule has 1 atom stereocenters. The molecular formula is C13H17FN2O. The van der Waals surface area contributed by atoms with Gasteiger partial charge < -0.3 is 11.1 Å². The van der Waals surface area contributed by atoms with Gasteiger partial charge in [-0.1, -0.05) is 18.2 Å². The molecule has 0 saturated heterocycles. The lowest BCUT2D eigenvalue weighted by molar-refractivity contribution is -0.121. The molecule has 2 rings (SSSR count). The quantitative estimate of drug-likeness (QED) is 0.815. The van der Waals surface area contributed by atoms with Gasteiger partial charge >= 0.3 is 0 Å². The van der Waals surface area contributed by atoms with E-state index < -0.39 is 0 Å². The molecule has 1 aliphatic rings. The highest BCUT2D eigenvalue weighted by Gasteiger charge is 2.29. The molecule has 4 heteroatoms. The minimum absolute atomic E-state index is 0.0457. The lowest BCUT2D eigenvalue weighted by Crippen LogP contribution is -2.32. The number of halogens is 1. The summed E-state index contributed by atoms with van der Waals surface area (Å²) in [6, 6.07) is 6.38. The van der Waals surface area contributed by atoms with Gasteiger partial charge in [0.2, 0.25) is 5.91 Å². The van der Waals surface area contributed by atoms with E-state index >= 15 is 0 Å². The van der Waals surface area contributed by atoms with Crippen molar-refractivity contribution in [1.82, 2.24) is 5.32 Å². The van der Waals surface area contributed by atoms with Crippen molar-refractivity contribution in [2.24, 2.45) is 11.7 Å². The summed E-state index contributed by atoms with van der Waals surface area (Å²) in [5.41, 5.74) is 6.34. The molecule has 0 bridgehead atoms. The van der Waals surface area contributed by atoms with Crippen molar-refractivity contribution in [1.29, 1.82) is 0 Å². The summed E-state index contributed by atoms with van der Waals surface area (Å²) in [5.74, 6) is 0.112. The first-order valence-corrected chi connectivity index (χ1v) is 5.92. The largest absolute Gasteiger partial charge is 0.352 e. The summed E-state index contributed by atoms with van der Waals surface area (Å²) in [6.07, 6.45) is 2.59. The molecule has 1 amide bonds. The smallest absolute Gasteiger partial charge is 0.221 e. The second-order valence-electron chi connectivity index (χ2n) is 4.57. The van der Waals surface area contributed by atoms with Gasteiger partial charge in [0, 0.05) is 24.6 Å². The van der Waals surface area contributed by atoms with Crippen molar-refractivity contribution >= 4 is 5.91 Å². The number of carbonyl (C=O) groups excluding carboxylic acids is 1. The highest BCUT2D eigenvalue weighted by Crippen LogP contribution is 2.32. The summed E-state index contributed by atoms with van der Waals surface area (Å²) < 4.78 is 13.3. The Labute approximate surface area is 100 Å². The van der Waals surface area contributed by atoms with Crippen molar-refractivity contribution in [3.8, 4) is 0 Å². The molecule has 0 aliphatic heterocycles. The molecule has 0 aromatic heterocycles. The number of hydrogen-bond acceptors (Lipinski definition) is 2. The predicted molar refractivity (Wildman–Crippen MR) is 63.6 cm³/mol. The van der Waals surface area contributed by atoms with Crippen LogP contribution in [0.5, 0.6) is 0 Å². The van der Waals surface area contributed by atoms with Crippen LogP contribution < -0.4 is 11.1 Å². The van der Waals surface area contributed by atoms with E-state index in [-0.39, 0.29) is 24.3 Å². The second kappa shape index (κ2) is 5.27. The van der Waals surface area contributed by atoms with Crippen LogP contribution in [0.25, 0.3) is 0 Å². The van der Waals surface area contributed by atoms with E-state index in [2.05, 4.69) is 5.32 Å². The van der Waals surface area contributed by atoms with Gasteiger partial charge in [0.05, 0.1) is 0 Å². The zero-order valence-electron chi connectivity index (χ0n) is 9.66. The van der Waals surface area contributed by atoms with Crippen LogP contribution in [0.1, 0.15) is 24.8 Å². The highest BCUT2D eigenvalue weighted by atomic mass is 19.1. The SMILES string of the molecule is NC(CC(=O)NCc1ccccc1F)C1CC1. The van der Waals surface area contributed by atoms with Gasteiger partial charge in [0.1, 0.15) is 5.82 Å². The molecule has 17 heavy (non-hydrogen) atoms. The third-order valence-corrected chi connectivity index (χ3v) is 3.08. The van der Waals surface area contributed by atoms with Crippen LogP contribution in [0, 0.1) is 11.7 Å². The maximum Gasteiger partial charge on any atom is 0.221 e. The normalized spacial score (nSPS) is 16.6. The van der Waals surface area contributed by atoms with Gasteiger partial charge in [-0.25, -0.2) is 4.39 Å². The van der Waals surface area contributed by atoms with Crippen molar-refractivity contribution < 1.29 is 9.18 Å². The number of rotatable bonds is 5. The van der Waals surface area contributed by atoms with Crippen molar-refractivity contribution in [3.63, 3.8) is 0 Å². The molecule has 1 aliphatic carbocycles. The summed E-state index contributed by atoms with van der Waals surface area (Å²) in [4.78, 5) is 11.6. The van der Waals surface area contributed by atoms with E-state index in [4.69, 9.17) is 5.73 Å². The van der Waals surface area contributed by atoms with Gasteiger partial charge in [-0.2, -0.15) is 0 Å². The Bertz CT molecular complexity index is 404. The van der Waals surface area contributed by atoms with Crippen molar-refractivity contribution in [2.75, 3.05) is 0 Å². The first-order valence-electron chi connectivity index (χ1n) is 5.92. The van der Waals surface area contributed by atoms with Crippen LogP contribution in [-0.2, 0) is 11.3 Å². The van der Waals surface area contributed by atoms with Crippen molar-refractivity contribution in [2.45, 2.75) is 31.8 Å². The predicted octanol–water partition coefficient (Wildman–Crippen LogP) is 1.57. The monoisotopic (exact) mass is 236 g/mol. The summed E-state index contributed by atoms with van der Waals surface area (Å²) in [7, 11) is 0. The number of amides is 1. The van der Waals surface area contributed by atoms with Gasteiger partial charge in [-0.05, 0) is 24.8 Å². The van der Waals surface area contributed by atoms with Crippen LogP contribution in [-0.4, -0.2) is 11.9 Å². The Morgan fingerprint density at radius 2 is 2.18 bits per heavy atom. The first kappa shape index (κ1) is 12.0. The Morgan fingerprint density at radius 3 is 2.82 bits per heavy atom. The van der Waals surface area contributed by atoms with Crippen LogP contribution in [0.4, 0.5) is 4.39 Å². The number of carbonyl (C=O) groups is 1. The molecule has 0 heterocycles. The first-order chi connectivity index (χ1) is 8.16. The zero-order valence-corrected chi connectivity index (χ0v) is 9.66. The Kier molecular flexibility index (Phi) is 3.74. The van der Waals surface area contributed by atoms with Gasteiger partial charge in [-0.3, -0.25) is 4.79 Å². The Balaban J connectivity index is 1.77. The van der Waals surface area contributed by atoms with Crippen LogP contribution in [0.2, 0.25) is 0 Å². The van der Waals surface area contributed by atoms with E-state index in [1.54, 1.807) is 18.2 Å². The third-order valence-electron chi connectivity index (χ3n) is 3.08. The number of nitrogens with one attached hydrogen (secondary N) is 1. The fraction of sp³-hybridized carbons (Fsp3) is 0.462. The fourth-order valence-corrected chi connectivity index (χ4v) is 1.81. The molecule has 3 nitrogen and oxygen atoms in total. The molecule has 3 N–H and O–H groups in total. The van der Waals surface area contributed by atoms with E-state index in [1.807, 2.05) is 0 Å². The second-order valence-corrected chi connectivity index (χ2v) is 4.57. The molecule has 0 radical (unpaired) electrons. The van der Waals surface area contributed by atoms with Crippen LogP contribution >= 0.6 is 0 Å². The van der Waals surface area contributed by atoms with E-state index in [0.717, 1.165) is 12.8 Å². The summed E-state index contributed by atoms with van der Waals surface area (Å²) in [5, 5.41) is 2.69. The summed E-state index contributed by atoms with van der Waals surface area (Å²) in [6.45, 7) is 0.225. The zero-order chi connectivity index (χ0) is 12.3. The Hall–Kier alpha value is -1.42. The number of hydrogen-bond donors (Lipinski definition) is 2.